The molecule has 0 aliphatic carbocycles. The Morgan fingerprint density at radius 1 is 1.43 bits per heavy atom. The van der Waals surface area contributed by atoms with Crippen molar-refractivity contribution in [2.45, 2.75) is 39.0 Å². The Balaban J connectivity index is 2.26. The predicted molar refractivity (Wildman–Crippen MR) is 65.5 cm³/mol. The van der Waals surface area contributed by atoms with Crippen molar-refractivity contribution in [1.82, 2.24) is 4.90 Å². The molecule has 1 amide bonds. The Morgan fingerprint density at radius 2 is 2.21 bits per heavy atom. The molecule has 0 unspecified atom stereocenters. The monoisotopic (exact) mass is 231 g/mol. The molecule has 0 bridgehead atoms. The van der Waals surface area contributed by atoms with Crippen molar-refractivity contribution >= 4 is 34.2 Å². The second-order valence-corrected chi connectivity index (χ2v) is 5.20. The number of carbonyl (C=O) groups excluding carboxylic acids is 1. The predicted octanol–water partition coefficient (Wildman–Crippen LogP) is 2.82. The van der Waals surface area contributed by atoms with Gasteiger partial charge in [0.15, 0.2) is 0 Å². The van der Waals surface area contributed by atoms with Gasteiger partial charge in [-0.3, -0.25) is 9.69 Å². The maximum atomic E-state index is 11.5. The topological polar surface area (TPSA) is 20.3 Å². The first kappa shape index (κ1) is 12.0. The van der Waals surface area contributed by atoms with Crippen LogP contribution in [0.1, 0.15) is 39.0 Å². The average Bonchev–Trinajstić information content (AvgIpc) is 2.16. The molecule has 0 aromatic carbocycles. The maximum Gasteiger partial charge on any atom is 0.228 e. The minimum Gasteiger partial charge on any atom is -0.298 e. The van der Waals surface area contributed by atoms with E-state index >= 15 is 0 Å². The number of unbranched alkanes of at least 4 members (excludes halogenated alkanes) is 3. The fourth-order valence-corrected chi connectivity index (χ4v) is 2.70. The highest BCUT2D eigenvalue weighted by Crippen LogP contribution is 2.19. The molecule has 0 N–H and O–H groups in total. The van der Waals surface area contributed by atoms with Crippen molar-refractivity contribution in [3.63, 3.8) is 0 Å². The Kier molecular flexibility index (Phi) is 5.48. The number of thioether (sulfide) groups is 1. The van der Waals surface area contributed by atoms with E-state index < -0.39 is 0 Å². The van der Waals surface area contributed by atoms with E-state index in [0.29, 0.717) is 6.42 Å². The second kappa shape index (κ2) is 6.40. The first-order valence-electron chi connectivity index (χ1n) is 5.23. The van der Waals surface area contributed by atoms with Gasteiger partial charge in [0.1, 0.15) is 4.32 Å². The lowest BCUT2D eigenvalue weighted by Crippen LogP contribution is -2.38. The van der Waals surface area contributed by atoms with Crippen molar-refractivity contribution in [3.05, 3.63) is 0 Å². The van der Waals surface area contributed by atoms with Crippen LogP contribution in [-0.4, -0.2) is 27.4 Å². The van der Waals surface area contributed by atoms with Gasteiger partial charge in [-0.15, -0.1) is 0 Å². The number of amides is 1. The molecule has 1 aliphatic rings. The van der Waals surface area contributed by atoms with Gasteiger partial charge in [0.2, 0.25) is 5.91 Å². The van der Waals surface area contributed by atoms with Crippen molar-refractivity contribution in [2.24, 2.45) is 0 Å². The number of hydrogen-bond donors (Lipinski definition) is 0. The summed E-state index contributed by atoms with van der Waals surface area (Å²) in [4.78, 5) is 13.3. The van der Waals surface area contributed by atoms with E-state index in [1.165, 1.54) is 19.3 Å². The summed E-state index contributed by atoms with van der Waals surface area (Å²) in [5, 5.41) is 0. The van der Waals surface area contributed by atoms with Crippen molar-refractivity contribution in [3.8, 4) is 0 Å². The van der Waals surface area contributed by atoms with Gasteiger partial charge >= 0.3 is 0 Å². The highest BCUT2D eigenvalue weighted by Gasteiger charge is 2.22. The molecule has 0 spiro atoms. The van der Waals surface area contributed by atoms with E-state index in [9.17, 15) is 4.79 Å². The number of carbonyl (C=O) groups is 1. The largest absolute Gasteiger partial charge is 0.298 e. The second-order valence-electron chi connectivity index (χ2n) is 3.47. The fraction of sp³-hybridized carbons (Fsp3) is 0.800. The summed E-state index contributed by atoms with van der Waals surface area (Å²) in [6.45, 7) is 3.01. The van der Waals surface area contributed by atoms with Crippen LogP contribution in [0, 0.1) is 0 Å². The molecule has 1 saturated heterocycles. The molecular weight excluding hydrogens is 214 g/mol. The van der Waals surface area contributed by atoms with Gasteiger partial charge in [0.05, 0.1) is 0 Å². The number of nitrogens with zero attached hydrogens (tertiary/aromatic N) is 1. The van der Waals surface area contributed by atoms with E-state index in [1.807, 2.05) is 0 Å². The first-order chi connectivity index (χ1) is 6.75. The normalized spacial score (nSPS) is 17.6. The molecule has 14 heavy (non-hydrogen) atoms. The van der Waals surface area contributed by atoms with Crippen LogP contribution in [-0.2, 0) is 4.79 Å². The zero-order valence-corrected chi connectivity index (χ0v) is 10.3. The molecule has 1 heterocycles. The fourth-order valence-electron chi connectivity index (χ4n) is 1.45. The SMILES string of the molecule is CCCCCCN1C(=O)CCSC1=S. The van der Waals surface area contributed by atoms with Crippen molar-refractivity contribution in [1.29, 1.82) is 0 Å². The van der Waals surface area contributed by atoms with E-state index in [2.05, 4.69) is 6.92 Å². The Hall–Kier alpha value is -0.0900. The Morgan fingerprint density at radius 3 is 2.86 bits per heavy atom. The molecule has 80 valence electrons. The standard InChI is InChI=1S/C10H17NOS2/c1-2-3-4-5-7-11-9(12)6-8-14-10(11)13/h2-8H2,1H3. The molecule has 0 saturated carbocycles. The zero-order valence-electron chi connectivity index (χ0n) is 8.62. The third kappa shape index (κ3) is 3.58. The van der Waals surface area contributed by atoms with Crippen LogP contribution in [0.3, 0.4) is 0 Å². The van der Waals surface area contributed by atoms with E-state index in [-0.39, 0.29) is 5.91 Å². The van der Waals surface area contributed by atoms with Gasteiger partial charge in [-0.1, -0.05) is 50.2 Å². The lowest BCUT2D eigenvalue weighted by molar-refractivity contribution is -0.126. The van der Waals surface area contributed by atoms with E-state index in [4.69, 9.17) is 12.2 Å². The van der Waals surface area contributed by atoms with Crippen LogP contribution in [0.25, 0.3) is 0 Å². The maximum absolute atomic E-state index is 11.5. The summed E-state index contributed by atoms with van der Waals surface area (Å²) in [6.07, 6.45) is 5.42. The summed E-state index contributed by atoms with van der Waals surface area (Å²) >= 11 is 6.78. The third-order valence-corrected chi connectivity index (χ3v) is 3.75. The quantitative estimate of drug-likeness (QED) is 0.536. The van der Waals surface area contributed by atoms with Gasteiger partial charge in [0.25, 0.3) is 0 Å². The van der Waals surface area contributed by atoms with Crippen LogP contribution in [0.5, 0.6) is 0 Å². The van der Waals surface area contributed by atoms with Crippen LogP contribution in [0.15, 0.2) is 0 Å². The first-order valence-corrected chi connectivity index (χ1v) is 6.62. The molecule has 4 heteroatoms. The molecule has 2 nitrogen and oxygen atoms in total. The molecule has 0 aromatic rings. The van der Waals surface area contributed by atoms with Gasteiger partial charge in [0, 0.05) is 18.7 Å². The zero-order chi connectivity index (χ0) is 10.4. The van der Waals surface area contributed by atoms with Crippen LogP contribution in [0.4, 0.5) is 0 Å². The minimum atomic E-state index is 0.213. The summed E-state index contributed by atoms with van der Waals surface area (Å²) in [5.41, 5.74) is 0. The molecule has 0 atom stereocenters. The van der Waals surface area contributed by atoms with E-state index in [0.717, 1.165) is 23.0 Å². The summed E-state index contributed by atoms with van der Waals surface area (Å²) in [7, 11) is 0. The molecule has 0 aromatic heterocycles. The average molecular weight is 231 g/mol. The van der Waals surface area contributed by atoms with Gasteiger partial charge in [-0.25, -0.2) is 0 Å². The highest BCUT2D eigenvalue weighted by molar-refractivity contribution is 8.23. The smallest absolute Gasteiger partial charge is 0.228 e. The van der Waals surface area contributed by atoms with Gasteiger partial charge in [-0.05, 0) is 6.42 Å². The lowest BCUT2D eigenvalue weighted by atomic mass is 10.2. The lowest BCUT2D eigenvalue weighted by Gasteiger charge is -2.26. The molecular formula is C10H17NOS2. The van der Waals surface area contributed by atoms with Gasteiger partial charge in [-0.2, -0.15) is 0 Å². The number of thiocarbonyl (C=S) groups is 1. The van der Waals surface area contributed by atoms with Crippen molar-refractivity contribution in [2.75, 3.05) is 12.3 Å². The Labute approximate surface area is 95.4 Å². The van der Waals surface area contributed by atoms with Gasteiger partial charge < -0.3 is 0 Å². The molecule has 0 radical (unpaired) electrons. The van der Waals surface area contributed by atoms with Crippen molar-refractivity contribution < 1.29 is 4.79 Å². The highest BCUT2D eigenvalue weighted by atomic mass is 32.2. The summed E-state index contributed by atoms with van der Waals surface area (Å²) < 4.78 is 0.776. The number of hydrogen-bond acceptors (Lipinski definition) is 3. The summed E-state index contributed by atoms with van der Waals surface area (Å²) in [5.74, 6) is 1.08. The van der Waals surface area contributed by atoms with E-state index in [1.54, 1.807) is 16.7 Å². The third-order valence-electron chi connectivity index (χ3n) is 2.30. The van der Waals surface area contributed by atoms with Crippen LogP contribution >= 0.6 is 24.0 Å². The summed E-state index contributed by atoms with van der Waals surface area (Å²) in [6, 6.07) is 0. The Bertz CT molecular complexity index is 202. The molecule has 1 fully saturated rings. The number of rotatable bonds is 5. The minimum absolute atomic E-state index is 0.213. The van der Waals surface area contributed by atoms with Crippen LogP contribution in [0.2, 0.25) is 0 Å². The molecule has 1 aliphatic heterocycles. The van der Waals surface area contributed by atoms with Crippen LogP contribution < -0.4 is 0 Å². The molecule has 1 rings (SSSR count).